The number of nitrogens with zero attached hydrogens (tertiary/aromatic N) is 5. The zero-order valence-electron chi connectivity index (χ0n) is 34.2. The van der Waals surface area contributed by atoms with Crippen molar-refractivity contribution in [2.45, 2.75) is 60.5 Å². The van der Waals surface area contributed by atoms with E-state index >= 15 is 0 Å². The normalized spacial score (nSPS) is 14.4. The number of aromatic hydroxyl groups is 2. The molecule has 2 unspecified atom stereocenters. The highest BCUT2D eigenvalue weighted by atomic mass is 35.5. The van der Waals surface area contributed by atoms with Crippen molar-refractivity contribution < 1.29 is 42.6 Å². The van der Waals surface area contributed by atoms with Crippen LogP contribution >= 0.6 is 23.1 Å². The highest BCUT2D eigenvalue weighted by Gasteiger charge is 2.28. The van der Waals surface area contributed by atoms with E-state index in [-0.39, 0.29) is 39.3 Å². The zero-order chi connectivity index (χ0) is 44.0. The Bertz CT molecular complexity index is 2490. The van der Waals surface area contributed by atoms with Gasteiger partial charge >= 0.3 is 0 Å². The maximum Gasteiger partial charge on any atom is 0.290 e. The summed E-state index contributed by atoms with van der Waals surface area (Å²) in [6, 6.07) is 15.1. The van der Waals surface area contributed by atoms with Crippen LogP contribution in [0, 0.1) is 13.8 Å². The molecular formula is C41H45ClN8O9S2. The fraction of sp³-hybridized carbons (Fsp3) is 0.317. The van der Waals surface area contributed by atoms with Crippen LogP contribution in [0.2, 0.25) is 5.02 Å². The van der Waals surface area contributed by atoms with E-state index in [1.807, 2.05) is 45.9 Å². The number of carbonyl (C=O) groups is 3. The molecule has 3 amide bonds. The first-order chi connectivity index (χ1) is 29.1. The van der Waals surface area contributed by atoms with E-state index in [2.05, 4.69) is 30.6 Å². The van der Waals surface area contributed by atoms with Crippen LogP contribution in [-0.2, 0) is 32.1 Å². The number of amides is 3. The molecule has 2 atom stereocenters. The monoisotopic (exact) mass is 892 g/mol. The Hall–Kier alpha value is -5.86. The number of rotatable bonds is 15. The molecule has 0 bridgehead atoms. The number of halogens is 1. The third-order valence-corrected chi connectivity index (χ3v) is 11.7. The largest absolute Gasteiger partial charge is 0.504 e. The molecule has 1 aliphatic heterocycles. The van der Waals surface area contributed by atoms with Gasteiger partial charge < -0.3 is 39.9 Å². The van der Waals surface area contributed by atoms with Crippen LogP contribution < -0.4 is 29.7 Å². The number of fused-ring (bicyclic) bond motifs is 1. The lowest BCUT2D eigenvalue weighted by Gasteiger charge is -2.33. The van der Waals surface area contributed by atoms with Crippen LogP contribution in [0.5, 0.6) is 28.7 Å². The van der Waals surface area contributed by atoms with Crippen molar-refractivity contribution in [3.8, 4) is 28.7 Å². The summed E-state index contributed by atoms with van der Waals surface area (Å²) in [6.07, 6.45) is -0.0133. The Morgan fingerprint density at radius 3 is 2.18 bits per heavy atom. The van der Waals surface area contributed by atoms with Gasteiger partial charge in [0.2, 0.25) is 11.8 Å². The number of azo groups is 1. The summed E-state index contributed by atoms with van der Waals surface area (Å²) in [6.45, 7) is 11.5. The molecule has 0 spiro atoms. The molecule has 2 heterocycles. The number of aryl methyl sites for hydroxylation is 2. The van der Waals surface area contributed by atoms with Crippen LogP contribution in [0.3, 0.4) is 0 Å². The van der Waals surface area contributed by atoms with E-state index in [0.29, 0.717) is 77.7 Å². The lowest BCUT2D eigenvalue weighted by atomic mass is 10.1. The lowest BCUT2D eigenvalue weighted by Crippen LogP contribution is -2.48. The summed E-state index contributed by atoms with van der Waals surface area (Å²) in [5, 5.41) is 40.6. The van der Waals surface area contributed by atoms with Crippen molar-refractivity contribution in [3.63, 3.8) is 0 Å². The number of anilines is 3. The maximum absolute atomic E-state index is 13.4. The number of hydrogen-bond donors (Lipinski definition) is 5. The molecule has 0 aliphatic carbocycles. The Balaban J connectivity index is 1.07. The summed E-state index contributed by atoms with van der Waals surface area (Å²) in [7, 11) is 0. The molecule has 1 fully saturated rings. The lowest BCUT2D eigenvalue weighted by molar-refractivity contribution is -0.123. The Morgan fingerprint density at radius 1 is 0.885 bits per heavy atom. The topological polar surface area (TPSA) is 217 Å². The summed E-state index contributed by atoms with van der Waals surface area (Å²) in [5.74, 6) is -0.635. The van der Waals surface area contributed by atoms with Gasteiger partial charge in [-0.15, -0.1) is 15.3 Å². The first-order valence-electron chi connectivity index (χ1n) is 19.2. The number of piperazine rings is 1. The van der Waals surface area contributed by atoms with E-state index in [1.54, 1.807) is 27.6 Å². The zero-order valence-corrected chi connectivity index (χ0v) is 36.6. The third-order valence-electron chi connectivity index (χ3n) is 9.38. The number of benzene rings is 4. The van der Waals surface area contributed by atoms with Crippen molar-refractivity contribution in [3.05, 3.63) is 76.3 Å². The summed E-state index contributed by atoms with van der Waals surface area (Å²) in [4.78, 5) is 43.0. The van der Waals surface area contributed by atoms with Gasteiger partial charge in [-0.05, 0) is 74.1 Å². The highest BCUT2D eigenvalue weighted by molar-refractivity contribution is 7.78. The van der Waals surface area contributed by atoms with Gasteiger partial charge in [0.15, 0.2) is 28.4 Å². The van der Waals surface area contributed by atoms with E-state index in [1.165, 1.54) is 32.0 Å². The molecule has 0 saturated carbocycles. The molecule has 1 aromatic heterocycles. The van der Waals surface area contributed by atoms with Gasteiger partial charge in [-0.25, -0.2) is 0 Å². The van der Waals surface area contributed by atoms with Crippen molar-refractivity contribution in [1.29, 1.82) is 0 Å². The van der Waals surface area contributed by atoms with E-state index in [0.717, 1.165) is 22.7 Å². The number of nitrogens with one attached hydrogen (secondary N) is 3. The molecule has 20 heteroatoms. The quantitative estimate of drug-likeness (QED) is 0.0498. The predicted octanol–water partition coefficient (Wildman–Crippen LogP) is 8.24. The van der Waals surface area contributed by atoms with Gasteiger partial charge in [0, 0.05) is 63.1 Å². The van der Waals surface area contributed by atoms with Gasteiger partial charge in [0.05, 0.1) is 33.3 Å². The van der Waals surface area contributed by atoms with E-state index < -0.39 is 35.1 Å². The average Bonchev–Trinajstić information content (AvgIpc) is 3.62. The first-order valence-corrected chi connectivity index (χ1v) is 21.4. The van der Waals surface area contributed by atoms with Gasteiger partial charge in [0.25, 0.3) is 17.2 Å². The van der Waals surface area contributed by atoms with E-state index in [4.69, 9.17) is 25.4 Å². The molecule has 4 aromatic carbocycles. The second-order valence-electron chi connectivity index (χ2n) is 14.1. The second-order valence-corrected chi connectivity index (χ2v) is 16.3. The van der Waals surface area contributed by atoms with Gasteiger partial charge in [-0.2, -0.15) is 12.9 Å². The molecule has 322 valence electrons. The fourth-order valence-corrected chi connectivity index (χ4v) is 8.20. The predicted molar refractivity (Wildman–Crippen MR) is 235 cm³/mol. The van der Waals surface area contributed by atoms with Crippen LogP contribution in [0.15, 0.2) is 64.8 Å². The van der Waals surface area contributed by atoms with E-state index in [9.17, 15) is 28.8 Å². The average molecular weight is 893 g/mol. The Kier molecular flexibility index (Phi) is 14.4. The number of aromatic nitrogens is 1. The van der Waals surface area contributed by atoms with Gasteiger partial charge in [-0.1, -0.05) is 43.1 Å². The van der Waals surface area contributed by atoms with Crippen molar-refractivity contribution in [1.82, 2.24) is 13.7 Å². The second kappa shape index (κ2) is 19.7. The number of hydrogen-bond acceptors (Lipinski definition) is 14. The van der Waals surface area contributed by atoms with Gasteiger partial charge in [0.1, 0.15) is 11.5 Å². The molecule has 0 radical (unpaired) electrons. The van der Waals surface area contributed by atoms with Crippen molar-refractivity contribution in [2.24, 2.45) is 10.2 Å². The molecule has 1 saturated heterocycles. The molecule has 17 nitrogen and oxygen atoms in total. The van der Waals surface area contributed by atoms with Crippen LogP contribution in [-0.4, -0.2) is 78.2 Å². The fourth-order valence-electron chi connectivity index (χ4n) is 6.35. The minimum atomic E-state index is -1.85. The van der Waals surface area contributed by atoms with Crippen molar-refractivity contribution >= 4 is 90.8 Å². The molecule has 5 aromatic rings. The highest BCUT2D eigenvalue weighted by Crippen LogP contribution is 2.42. The number of ether oxygens (including phenoxy) is 1. The number of carbonyl (C=O) groups excluding carboxylic acids is 3. The summed E-state index contributed by atoms with van der Waals surface area (Å²) >= 11 is 5.83. The molecule has 6 rings (SSSR count). The number of hydroxylamine groups is 2. The number of phenols is 2. The van der Waals surface area contributed by atoms with Crippen LogP contribution in [0.25, 0.3) is 10.9 Å². The van der Waals surface area contributed by atoms with Crippen LogP contribution in [0.1, 0.15) is 50.8 Å². The van der Waals surface area contributed by atoms with Crippen molar-refractivity contribution in [2.75, 3.05) is 42.1 Å². The molecular weight excluding hydrogens is 848 g/mol. The Morgan fingerprint density at radius 2 is 1.56 bits per heavy atom. The minimum absolute atomic E-state index is 0.0518. The molecule has 61 heavy (non-hydrogen) atoms. The molecule has 1 aliphatic rings. The number of phenolic OH excluding ortho intramolecular Hbond substituents is 2. The summed E-state index contributed by atoms with van der Waals surface area (Å²) < 4.78 is 31.3. The first kappa shape index (κ1) is 44.7. The smallest absolute Gasteiger partial charge is 0.290 e. The molecule has 5 N–H and O–H groups in total. The van der Waals surface area contributed by atoms with Crippen LogP contribution in [0.4, 0.5) is 27.8 Å². The third kappa shape index (κ3) is 10.9. The summed E-state index contributed by atoms with van der Waals surface area (Å²) in [5.41, 5.74) is 3.50. The standard InChI is InChI=1S/C41H45ClN8O9S2/c1-7-28-36(21-33(39(54)37(28)42)45-40(55)34(8-2)57-35-12-9-22(3)17-23(35)4)58-49-13-15-50(16-14-49)61(56)59-27-10-11-29-30(20-27)48-60-41(29)47-46-26-18-31(43-24(5)51)38(53)32(19-26)44-25(6)52/h9-12,17-21,34,53-54H,7-8,13-16H2,1-6H3,(H,43,51)(H,44,52)(H,45,55). The minimum Gasteiger partial charge on any atom is -0.504 e. The van der Waals surface area contributed by atoms with Gasteiger partial charge in [-0.3, -0.25) is 14.4 Å². The maximum atomic E-state index is 13.4. The Labute approximate surface area is 363 Å². The SMILES string of the molecule is CCc1c(ON2CCN(S(=O)Oc3ccc4c(N=Nc5cc(NC(C)=O)c(O)c(NC(C)=O)c5)snc4c3)CC2)cc(NC(=O)C(CC)Oc2ccc(C)cc2C)c(O)c1Cl.